The summed E-state index contributed by atoms with van der Waals surface area (Å²) in [5.74, 6) is -1.28. The molecule has 0 saturated carbocycles. The summed E-state index contributed by atoms with van der Waals surface area (Å²) in [6.45, 7) is 5.03. The van der Waals surface area contributed by atoms with Crippen molar-refractivity contribution in [3.8, 4) is 0 Å². The minimum atomic E-state index is -1.38. The molecule has 0 aliphatic rings. The van der Waals surface area contributed by atoms with Gasteiger partial charge >= 0.3 is 12.1 Å². The van der Waals surface area contributed by atoms with Crippen molar-refractivity contribution in [1.82, 2.24) is 5.32 Å². The van der Waals surface area contributed by atoms with Crippen molar-refractivity contribution >= 4 is 12.1 Å². The van der Waals surface area contributed by atoms with E-state index in [1.54, 1.807) is 20.8 Å². The van der Waals surface area contributed by atoms with Crippen LogP contribution < -0.4 is 5.32 Å². The van der Waals surface area contributed by atoms with Gasteiger partial charge in [-0.25, -0.2) is 9.59 Å². The third-order valence-corrected chi connectivity index (χ3v) is 1.11. The van der Waals surface area contributed by atoms with Crippen molar-refractivity contribution in [1.29, 1.82) is 0 Å². The van der Waals surface area contributed by atoms with Crippen molar-refractivity contribution in [2.24, 2.45) is 0 Å². The standard InChI is InChI=1S/C8H15NO5/c1-8(2,3)14-7(12)9-5(13-4)6(10)11/h5H,1-4H3,(H,9,12)(H,10,11)/t5-/m0/s1. The van der Waals surface area contributed by atoms with Crippen LogP contribution in [0.5, 0.6) is 0 Å². The molecule has 0 saturated heterocycles. The van der Waals surface area contributed by atoms with Gasteiger partial charge in [0, 0.05) is 7.11 Å². The average Bonchev–Trinajstić information content (AvgIpc) is 1.96. The van der Waals surface area contributed by atoms with Crippen LogP contribution in [-0.2, 0) is 14.3 Å². The summed E-state index contributed by atoms with van der Waals surface area (Å²) in [4.78, 5) is 21.5. The molecule has 0 fully saturated rings. The number of carbonyl (C=O) groups excluding carboxylic acids is 1. The molecular formula is C8H15NO5. The maximum atomic E-state index is 11.1. The molecule has 0 aliphatic heterocycles. The van der Waals surface area contributed by atoms with Crippen LogP contribution in [-0.4, -0.2) is 36.1 Å². The average molecular weight is 205 g/mol. The minimum absolute atomic E-state index is 0.666. The van der Waals surface area contributed by atoms with Gasteiger partial charge in [0.25, 0.3) is 0 Å². The molecule has 0 heterocycles. The Balaban J connectivity index is 4.11. The first-order valence-electron chi connectivity index (χ1n) is 4.01. The van der Waals surface area contributed by atoms with Crippen molar-refractivity contribution in [3.63, 3.8) is 0 Å². The maximum Gasteiger partial charge on any atom is 0.410 e. The maximum absolute atomic E-state index is 11.1. The highest BCUT2D eigenvalue weighted by atomic mass is 16.6. The van der Waals surface area contributed by atoms with E-state index in [2.05, 4.69) is 4.74 Å². The van der Waals surface area contributed by atoms with Crippen molar-refractivity contribution in [2.75, 3.05) is 7.11 Å². The largest absolute Gasteiger partial charge is 0.478 e. The first-order valence-corrected chi connectivity index (χ1v) is 4.01. The Bertz CT molecular complexity index is 220. The third kappa shape index (κ3) is 5.36. The molecule has 0 unspecified atom stereocenters. The Kier molecular flexibility index (Phi) is 4.36. The summed E-state index contributed by atoms with van der Waals surface area (Å²) in [7, 11) is 1.18. The van der Waals surface area contributed by atoms with Gasteiger partial charge < -0.3 is 14.6 Å². The first-order chi connectivity index (χ1) is 6.26. The van der Waals surface area contributed by atoms with E-state index in [4.69, 9.17) is 9.84 Å². The number of hydrogen-bond acceptors (Lipinski definition) is 4. The van der Waals surface area contributed by atoms with E-state index in [0.29, 0.717) is 0 Å². The zero-order valence-corrected chi connectivity index (χ0v) is 8.66. The lowest BCUT2D eigenvalue weighted by atomic mass is 10.2. The van der Waals surface area contributed by atoms with E-state index in [1.165, 1.54) is 7.11 Å². The number of nitrogens with one attached hydrogen (secondary N) is 1. The molecule has 0 aromatic carbocycles. The number of rotatable bonds is 3. The Labute approximate surface area is 82.2 Å². The predicted molar refractivity (Wildman–Crippen MR) is 47.8 cm³/mol. The predicted octanol–water partition coefficient (Wildman–Crippen LogP) is 0.568. The lowest BCUT2D eigenvalue weighted by Gasteiger charge is -2.21. The number of carboxylic acids is 1. The summed E-state index contributed by atoms with van der Waals surface area (Å²) in [6.07, 6.45) is -2.21. The Morgan fingerprint density at radius 3 is 2.14 bits per heavy atom. The summed E-state index contributed by atoms with van der Waals surface area (Å²) in [5, 5.41) is 10.6. The quantitative estimate of drug-likeness (QED) is 0.658. The normalized spacial score (nSPS) is 13.1. The zero-order valence-electron chi connectivity index (χ0n) is 8.66. The number of alkyl carbamates (subject to hydrolysis) is 1. The van der Waals surface area contributed by atoms with Crippen LogP contribution in [0, 0.1) is 0 Å². The monoisotopic (exact) mass is 205 g/mol. The van der Waals surface area contributed by atoms with Crippen LogP contribution in [0.15, 0.2) is 0 Å². The Hall–Kier alpha value is -1.30. The molecule has 0 aliphatic carbocycles. The van der Waals surface area contributed by atoms with Gasteiger partial charge in [0.05, 0.1) is 0 Å². The second kappa shape index (κ2) is 4.80. The molecule has 1 atom stereocenters. The van der Waals surface area contributed by atoms with E-state index in [-0.39, 0.29) is 0 Å². The highest BCUT2D eigenvalue weighted by Gasteiger charge is 2.23. The highest BCUT2D eigenvalue weighted by Crippen LogP contribution is 2.06. The van der Waals surface area contributed by atoms with Gasteiger partial charge in [0.15, 0.2) is 0 Å². The lowest BCUT2D eigenvalue weighted by Crippen LogP contribution is -2.44. The molecule has 0 bridgehead atoms. The van der Waals surface area contributed by atoms with Crippen LogP contribution in [0.25, 0.3) is 0 Å². The first kappa shape index (κ1) is 12.7. The number of carboxylic acid groups (broad SMARTS) is 1. The molecule has 1 amide bonds. The van der Waals surface area contributed by atoms with Crippen LogP contribution in [0.3, 0.4) is 0 Å². The van der Waals surface area contributed by atoms with Gasteiger partial charge in [-0.3, -0.25) is 5.32 Å². The third-order valence-electron chi connectivity index (χ3n) is 1.11. The van der Waals surface area contributed by atoms with E-state index < -0.39 is 23.9 Å². The molecule has 6 nitrogen and oxygen atoms in total. The number of carbonyl (C=O) groups is 2. The van der Waals surface area contributed by atoms with Gasteiger partial charge in [0.1, 0.15) is 5.60 Å². The summed E-state index contributed by atoms with van der Waals surface area (Å²) >= 11 is 0. The number of hydrogen-bond donors (Lipinski definition) is 2. The number of amides is 1. The molecule has 0 spiro atoms. The molecule has 0 aromatic heterocycles. The van der Waals surface area contributed by atoms with E-state index >= 15 is 0 Å². The van der Waals surface area contributed by atoms with Gasteiger partial charge in [-0.15, -0.1) is 0 Å². The van der Waals surface area contributed by atoms with Crippen molar-refractivity contribution in [2.45, 2.75) is 32.6 Å². The second-order valence-corrected chi connectivity index (χ2v) is 3.60. The smallest absolute Gasteiger partial charge is 0.410 e. The lowest BCUT2D eigenvalue weighted by molar-refractivity contribution is -0.150. The number of methoxy groups -OCH3 is 1. The number of ether oxygens (including phenoxy) is 2. The molecule has 6 heteroatoms. The minimum Gasteiger partial charge on any atom is -0.478 e. The fraction of sp³-hybridized carbons (Fsp3) is 0.750. The fourth-order valence-electron chi connectivity index (χ4n) is 0.636. The Morgan fingerprint density at radius 2 is 1.86 bits per heavy atom. The van der Waals surface area contributed by atoms with E-state index in [9.17, 15) is 9.59 Å². The fourth-order valence-corrected chi connectivity index (χ4v) is 0.636. The molecule has 0 aromatic rings. The SMILES string of the molecule is CO[C@H](NC(=O)OC(C)(C)C)C(=O)O. The second-order valence-electron chi connectivity index (χ2n) is 3.60. The van der Waals surface area contributed by atoms with Crippen LogP contribution in [0.1, 0.15) is 20.8 Å². The molecule has 82 valence electrons. The van der Waals surface area contributed by atoms with Crippen LogP contribution >= 0.6 is 0 Å². The van der Waals surface area contributed by atoms with Crippen LogP contribution in [0.4, 0.5) is 4.79 Å². The molecule has 14 heavy (non-hydrogen) atoms. The van der Waals surface area contributed by atoms with Crippen molar-refractivity contribution < 1.29 is 24.2 Å². The van der Waals surface area contributed by atoms with E-state index in [1.807, 2.05) is 5.32 Å². The van der Waals surface area contributed by atoms with Gasteiger partial charge in [-0.1, -0.05) is 0 Å². The van der Waals surface area contributed by atoms with Gasteiger partial charge in [-0.2, -0.15) is 0 Å². The summed E-state index contributed by atoms with van der Waals surface area (Å²) in [5.41, 5.74) is -0.666. The van der Waals surface area contributed by atoms with Gasteiger partial charge in [-0.05, 0) is 20.8 Å². The summed E-state index contributed by atoms with van der Waals surface area (Å²) < 4.78 is 9.31. The Morgan fingerprint density at radius 1 is 1.36 bits per heavy atom. The molecule has 0 radical (unpaired) electrons. The van der Waals surface area contributed by atoms with Gasteiger partial charge in [0.2, 0.25) is 6.23 Å². The van der Waals surface area contributed by atoms with E-state index in [0.717, 1.165) is 0 Å². The highest BCUT2D eigenvalue weighted by molar-refractivity contribution is 5.78. The summed E-state index contributed by atoms with van der Waals surface area (Å²) in [6, 6.07) is 0. The molecule has 0 rings (SSSR count). The van der Waals surface area contributed by atoms with Crippen molar-refractivity contribution in [3.05, 3.63) is 0 Å². The molecule has 2 N–H and O–H groups in total. The molecular weight excluding hydrogens is 190 g/mol. The topological polar surface area (TPSA) is 84.9 Å². The number of aliphatic carboxylic acids is 1. The zero-order chi connectivity index (χ0) is 11.4. The van der Waals surface area contributed by atoms with Crippen LogP contribution in [0.2, 0.25) is 0 Å².